The second-order valence-corrected chi connectivity index (χ2v) is 5.40. The molecule has 0 aliphatic heterocycles. The van der Waals surface area contributed by atoms with Gasteiger partial charge in [-0.2, -0.15) is 5.26 Å². The monoisotopic (exact) mass is 275 g/mol. The normalized spacial score (nSPS) is 10.7. The van der Waals surface area contributed by atoms with E-state index in [1.807, 2.05) is 18.5 Å². The molecule has 0 unspecified atom stereocenters. The zero-order valence-electron chi connectivity index (χ0n) is 12.3. The van der Waals surface area contributed by atoms with Gasteiger partial charge in [-0.25, -0.2) is 4.98 Å². The Balaban J connectivity index is 2.05. The number of rotatable bonds is 3. The quantitative estimate of drug-likeness (QED) is 0.730. The second kappa shape index (κ2) is 5.41. The Morgan fingerprint density at radius 2 is 1.90 bits per heavy atom. The molecule has 3 heteroatoms. The van der Waals surface area contributed by atoms with Gasteiger partial charge in [0.25, 0.3) is 0 Å². The van der Waals surface area contributed by atoms with Gasteiger partial charge in [0, 0.05) is 6.54 Å². The number of nitrogens with zero attached hydrogens (tertiary/aromatic N) is 3. The largest absolute Gasteiger partial charge is 0.326 e. The highest BCUT2D eigenvalue weighted by atomic mass is 15.0. The van der Waals surface area contributed by atoms with Gasteiger partial charge in [-0.15, -0.1) is 0 Å². The van der Waals surface area contributed by atoms with Gasteiger partial charge in [-0.3, -0.25) is 0 Å². The van der Waals surface area contributed by atoms with Crippen molar-refractivity contribution in [1.82, 2.24) is 9.55 Å². The van der Waals surface area contributed by atoms with Crippen LogP contribution in [0.3, 0.4) is 0 Å². The predicted molar refractivity (Wildman–Crippen MR) is 84.1 cm³/mol. The summed E-state index contributed by atoms with van der Waals surface area (Å²) in [6.07, 6.45) is 2.32. The summed E-state index contributed by atoms with van der Waals surface area (Å²) in [5.74, 6) is 0. The maximum Gasteiger partial charge on any atom is 0.0961 e. The maximum atomic E-state index is 8.85. The summed E-state index contributed by atoms with van der Waals surface area (Å²) in [5.41, 5.74) is 7.03. The molecule has 104 valence electrons. The molecule has 0 aliphatic carbocycles. The molecule has 0 saturated heterocycles. The van der Waals surface area contributed by atoms with Gasteiger partial charge in [-0.1, -0.05) is 24.3 Å². The molecule has 0 bridgehead atoms. The summed E-state index contributed by atoms with van der Waals surface area (Å²) < 4.78 is 2.16. The SMILES string of the molecule is Cc1cccc(C)c1Cn1cnc2ccc(CC#N)cc21. The summed E-state index contributed by atoms with van der Waals surface area (Å²) in [7, 11) is 0. The van der Waals surface area contributed by atoms with Crippen molar-refractivity contribution in [3.63, 3.8) is 0 Å². The van der Waals surface area contributed by atoms with Crippen LogP contribution < -0.4 is 0 Å². The van der Waals surface area contributed by atoms with Crippen molar-refractivity contribution in [1.29, 1.82) is 5.26 Å². The van der Waals surface area contributed by atoms with Crippen LogP contribution >= 0.6 is 0 Å². The first-order chi connectivity index (χ1) is 10.2. The minimum Gasteiger partial charge on any atom is -0.326 e. The Bertz CT molecular complexity index is 817. The van der Waals surface area contributed by atoms with Crippen molar-refractivity contribution in [3.05, 3.63) is 65.0 Å². The minimum absolute atomic E-state index is 0.435. The fourth-order valence-corrected chi connectivity index (χ4v) is 2.70. The lowest BCUT2D eigenvalue weighted by molar-refractivity contribution is 0.812. The Kier molecular flexibility index (Phi) is 3.45. The van der Waals surface area contributed by atoms with E-state index < -0.39 is 0 Å². The lowest BCUT2D eigenvalue weighted by Gasteiger charge is -2.11. The van der Waals surface area contributed by atoms with Crippen LogP contribution in [-0.4, -0.2) is 9.55 Å². The van der Waals surface area contributed by atoms with E-state index in [0.717, 1.165) is 23.1 Å². The number of nitriles is 1. The molecule has 0 amide bonds. The van der Waals surface area contributed by atoms with Crippen molar-refractivity contribution < 1.29 is 0 Å². The first-order valence-corrected chi connectivity index (χ1v) is 7.05. The third-order valence-electron chi connectivity index (χ3n) is 3.94. The summed E-state index contributed by atoms with van der Waals surface area (Å²) in [5, 5.41) is 8.85. The van der Waals surface area contributed by atoms with Crippen LogP contribution in [0.4, 0.5) is 0 Å². The molecule has 2 aromatic carbocycles. The number of aryl methyl sites for hydroxylation is 2. The third-order valence-corrected chi connectivity index (χ3v) is 3.94. The topological polar surface area (TPSA) is 41.6 Å². The summed E-state index contributed by atoms with van der Waals surface area (Å²) in [6.45, 7) is 5.09. The van der Waals surface area contributed by atoms with Crippen LogP contribution in [0, 0.1) is 25.2 Å². The number of aromatic nitrogens is 2. The van der Waals surface area contributed by atoms with E-state index in [1.165, 1.54) is 16.7 Å². The maximum absolute atomic E-state index is 8.85. The predicted octanol–water partition coefficient (Wildman–Crippen LogP) is 3.77. The number of benzene rings is 2. The number of fused-ring (bicyclic) bond motifs is 1. The molecular formula is C18H17N3. The Labute approximate surface area is 124 Å². The molecule has 0 atom stereocenters. The molecule has 3 rings (SSSR count). The first kappa shape index (κ1) is 13.4. The van der Waals surface area contributed by atoms with E-state index in [-0.39, 0.29) is 0 Å². The average Bonchev–Trinajstić information content (AvgIpc) is 2.86. The molecule has 0 aliphatic rings. The summed E-state index contributed by atoms with van der Waals surface area (Å²) >= 11 is 0. The average molecular weight is 275 g/mol. The Morgan fingerprint density at radius 1 is 1.14 bits per heavy atom. The Hall–Kier alpha value is -2.60. The number of hydrogen-bond donors (Lipinski definition) is 0. The van der Waals surface area contributed by atoms with Gasteiger partial charge in [-0.05, 0) is 48.2 Å². The smallest absolute Gasteiger partial charge is 0.0961 e. The summed E-state index contributed by atoms with van der Waals surface area (Å²) in [4.78, 5) is 4.46. The highest BCUT2D eigenvalue weighted by Crippen LogP contribution is 2.20. The van der Waals surface area contributed by atoms with Gasteiger partial charge in [0.15, 0.2) is 0 Å². The van der Waals surface area contributed by atoms with E-state index in [0.29, 0.717) is 6.42 Å². The van der Waals surface area contributed by atoms with Crippen molar-refractivity contribution >= 4 is 11.0 Å². The van der Waals surface area contributed by atoms with E-state index in [1.54, 1.807) is 0 Å². The molecule has 1 aromatic heterocycles. The van der Waals surface area contributed by atoms with Gasteiger partial charge < -0.3 is 4.57 Å². The molecule has 21 heavy (non-hydrogen) atoms. The first-order valence-electron chi connectivity index (χ1n) is 7.05. The second-order valence-electron chi connectivity index (χ2n) is 5.40. The minimum atomic E-state index is 0.435. The van der Waals surface area contributed by atoms with Crippen molar-refractivity contribution in [2.45, 2.75) is 26.8 Å². The molecule has 3 nitrogen and oxygen atoms in total. The highest BCUT2D eigenvalue weighted by molar-refractivity contribution is 5.76. The molecule has 0 saturated carbocycles. The fourth-order valence-electron chi connectivity index (χ4n) is 2.70. The van der Waals surface area contributed by atoms with E-state index in [4.69, 9.17) is 5.26 Å². The third kappa shape index (κ3) is 2.53. The van der Waals surface area contributed by atoms with Crippen LogP contribution in [-0.2, 0) is 13.0 Å². The lowest BCUT2D eigenvalue weighted by atomic mass is 10.0. The zero-order valence-corrected chi connectivity index (χ0v) is 12.3. The van der Waals surface area contributed by atoms with E-state index in [9.17, 15) is 0 Å². The van der Waals surface area contributed by atoms with Crippen LogP contribution in [0.5, 0.6) is 0 Å². The van der Waals surface area contributed by atoms with Gasteiger partial charge in [0.2, 0.25) is 0 Å². The van der Waals surface area contributed by atoms with Crippen LogP contribution in [0.2, 0.25) is 0 Å². The number of hydrogen-bond acceptors (Lipinski definition) is 2. The van der Waals surface area contributed by atoms with Crippen molar-refractivity contribution in [2.24, 2.45) is 0 Å². The standard InChI is InChI=1S/C18H17N3/c1-13-4-3-5-14(2)16(13)11-21-12-20-17-7-6-15(8-9-19)10-18(17)21/h3-7,10,12H,8,11H2,1-2H3. The molecule has 3 aromatic rings. The van der Waals surface area contributed by atoms with Crippen molar-refractivity contribution in [2.75, 3.05) is 0 Å². The number of imidazole rings is 1. The van der Waals surface area contributed by atoms with Gasteiger partial charge in [0.1, 0.15) is 0 Å². The van der Waals surface area contributed by atoms with Gasteiger partial charge >= 0.3 is 0 Å². The molecular weight excluding hydrogens is 258 g/mol. The molecule has 0 N–H and O–H groups in total. The molecule has 1 heterocycles. The van der Waals surface area contributed by atoms with Gasteiger partial charge in [0.05, 0.1) is 29.9 Å². The van der Waals surface area contributed by atoms with Crippen molar-refractivity contribution in [3.8, 4) is 6.07 Å². The highest BCUT2D eigenvalue weighted by Gasteiger charge is 2.07. The van der Waals surface area contributed by atoms with Crippen LogP contribution in [0.15, 0.2) is 42.7 Å². The van der Waals surface area contributed by atoms with Crippen LogP contribution in [0.1, 0.15) is 22.3 Å². The van der Waals surface area contributed by atoms with Crippen LogP contribution in [0.25, 0.3) is 11.0 Å². The zero-order chi connectivity index (χ0) is 14.8. The van der Waals surface area contributed by atoms with E-state index >= 15 is 0 Å². The molecule has 0 fully saturated rings. The molecule has 0 radical (unpaired) electrons. The summed E-state index contributed by atoms with van der Waals surface area (Å²) in [6, 6.07) is 14.6. The lowest BCUT2D eigenvalue weighted by Crippen LogP contribution is -2.02. The Morgan fingerprint density at radius 3 is 2.62 bits per heavy atom. The fraction of sp³-hybridized carbons (Fsp3) is 0.222. The van der Waals surface area contributed by atoms with E-state index in [2.05, 4.69) is 53.7 Å². The molecule has 0 spiro atoms.